The molecule has 1 fully saturated rings. The second kappa shape index (κ2) is 5.48. The number of carbonyl (C=O) groups excluding carboxylic acids is 1. The molecule has 18 heavy (non-hydrogen) atoms. The molecule has 1 aliphatic heterocycles. The van der Waals surface area contributed by atoms with E-state index >= 15 is 0 Å². The van der Waals surface area contributed by atoms with Gasteiger partial charge >= 0.3 is 0 Å². The Morgan fingerprint density at radius 3 is 2.94 bits per heavy atom. The predicted octanol–water partition coefficient (Wildman–Crippen LogP) is 1.73. The predicted molar refractivity (Wildman–Crippen MR) is 71.3 cm³/mol. The van der Waals surface area contributed by atoms with Gasteiger partial charge in [0.1, 0.15) is 0 Å². The molecule has 0 bridgehead atoms. The number of carbonyl (C=O) groups is 1. The van der Waals surface area contributed by atoms with Crippen LogP contribution in [0.5, 0.6) is 0 Å². The van der Waals surface area contributed by atoms with Crippen LogP contribution >= 0.6 is 0 Å². The van der Waals surface area contributed by atoms with Crippen molar-refractivity contribution in [3.63, 3.8) is 0 Å². The highest BCUT2D eigenvalue weighted by Gasteiger charge is 2.31. The maximum Gasteiger partial charge on any atom is 0.255 e. The van der Waals surface area contributed by atoms with Gasteiger partial charge in [0.05, 0.1) is 5.56 Å². The highest BCUT2D eigenvalue weighted by Crippen LogP contribution is 2.24. The van der Waals surface area contributed by atoms with E-state index in [-0.39, 0.29) is 18.0 Å². The number of amides is 1. The van der Waals surface area contributed by atoms with Crippen molar-refractivity contribution < 1.29 is 4.79 Å². The number of rotatable bonds is 2. The minimum Gasteiger partial charge on any atom is -0.332 e. The molecule has 2 heterocycles. The largest absolute Gasteiger partial charge is 0.332 e. The molecule has 4 heteroatoms. The van der Waals surface area contributed by atoms with E-state index in [0.29, 0.717) is 12.1 Å². The summed E-state index contributed by atoms with van der Waals surface area (Å²) in [6.45, 7) is 4.59. The Morgan fingerprint density at radius 1 is 1.50 bits per heavy atom. The molecule has 0 spiro atoms. The normalized spacial score (nSPS) is 24.1. The van der Waals surface area contributed by atoms with Crippen LogP contribution in [0.2, 0.25) is 0 Å². The summed E-state index contributed by atoms with van der Waals surface area (Å²) in [5.41, 5.74) is 7.47. The zero-order valence-corrected chi connectivity index (χ0v) is 11.1. The summed E-state index contributed by atoms with van der Waals surface area (Å²) in [5.74, 6) is 0.0638. The van der Waals surface area contributed by atoms with Crippen LogP contribution in [0.25, 0.3) is 0 Å². The van der Waals surface area contributed by atoms with Gasteiger partial charge in [-0.2, -0.15) is 0 Å². The van der Waals surface area contributed by atoms with Crippen LogP contribution in [-0.2, 0) is 0 Å². The number of pyridine rings is 1. The number of hydrogen-bond donors (Lipinski definition) is 1. The van der Waals surface area contributed by atoms with E-state index in [2.05, 4.69) is 11.9 Å². The number of hydrogen-bond acceptors (Lipinski definition) is 3. The molecule has 1 saturated heterocycles. The van der Waals surface area contributed by atoms with Gasteiger partial charge in [0.15, 0.2) is 0 Å². The van der Waals surface area contributed by atoms with Gasteiger partial charge in [-0.25, -0.2) is 0 Å². The highest BCUT2D eigenvalue weighted by molar-refractivity contribution is 5.94. The summed E-state index contributed by atoms with van der Waals surface area (Å²) in [4.78, 5) is 18.6. The van der Waals surface area contributed by atoms with Gasteiger partial charge in [-0.05, 0) is 44.7 Å². The summed E-state index contributed by atoms with van der Waals surface area (Å²) < 4.78 is 0. The summed E-state index contributed by atoms with van der Waals surface area (Å²) in [7, 11) is 0. The quantitative estimate of drug-likeness (QED) is 0.866. The van der Waals surface area contributed by atoms with Gasteiger partial charge in [0.25, 0.3) is 5.91 Å². The summed E-state index contributed by atoms with van der Waals surface area (Å²) in [5, 5.41) is 0. The first kappa shape index (κ1) is 13.0. The molecular weight excluding hydrogens is 226 g/mol. The molecule has 2 rings (SSSR count). The third-order valence-corrected chi connectivity index (χ3v) is 3.66. The molecule has 0 aromatic carbocycles. The van der Waals surface area contributed by atoms with E-state index in [1.54, 1.807) is 12.4 Å². The van der Waals surface area contributed by atoms with Crippen molar-refractivity contribution in [3.8, 4) is 0 Å². The maximum atomic E-state index is 12.6. The average molecular weight is 247 g/mol. The Labute approximate surface area is 108 Å². The first-order valence-electron chi connectivity index (χ1n) is 6.58. The number of nitrogens with two attached hydrogens (primary N) is 1. The van der Waals surface area contributed by atoms with E-state index in [4.69, 9.17) is 5.73 Å². The fourth-order valence-corrected chi connectivity index (χ4v) is 2.71. The number of aryl methyl sites for hydroxylation is 1. The van der Waals surface area contributed by atoms with E-state index in [1.165, 1.54) is 0 Å². The molecule has 1 aromatic heterocycles. The molecule has 98 valence electrons. The number of aromatic nitrogens is 1. The van der Waals surface area contributed by atoms with E-state index in [1.807, 2.05) is 17.9 Å². The molecule has 2 atom stereocenters. The van der Waals surface area contributed by atoms with Crippen molar-refractivity contribution in [2.75, 3.05) is 6.54 Å². The van der Waals surface area contributed by atoms with Crippen molar-refractivity contribution >= 4 is 5.91 Å². The van der Waals surface area contributed by atoms with Crippen molar-refractivity contribution in [1.82, 2.24) is 9.88 Å². The first-order valence-corrected chi connectivity index (χ1v) is 6.58. The Morgan fingerprint density at radius 2 is 2.28 bits per heavy atom. The van der Waals surface area contributed by atoms with Crippen molar-refractivity contribution in [1.29, 1.82) is 0 Å². The lowest BCUT2D eigenvalue weighted by molar-refractivity contribution is 0.0493. The van der Waals surface area contributed by atoms with Gasteiger partial charge in [-0.3, -0.25) is 9.78 Å². The third-order valence-electron chi connectivity index (χ3n) is 3.66. The number of nitrogens with zero attached hydrogens (tertiary/aromatic N) is 2. The zero-order chi connectivity index (χ0) is 13.1. The van der Waals surface area contributed by atoms with Crippen LogP contribution in [0.1, 0.15) is 42.1 Å². The molecule has 0 saturated carbocycles. The lowest BCUT2D eigenvalue weighted by atomic mass is 9.95. The topological polar surface area (TPSA) is 59.2 Å². The molecule has 2 unspecified atom stereocenters. The third kappa shape index (κ3) is 2.53. The van der Waals surface area contributed by atoms with Gasteiger partial charge in [-0.1, -0.05) is 0 Å². The number of likely N-dealkylation sites (tertiary alicyclic amines) is 1. The fraction of sp³-hybridized carbons (Fsp3) is 0.571. The number of piperidine rings is 1. The Balaban J connectivity index is 2.25. The molecule has 0 aliphatic carbocycles. The van der Waals surface area contributed by atoms with Gasteiger partial charge in [0.2, 0.25) is 0 Å². The monoisotopic (exact) mass is 247 g/mol. The minimum atomic E-state index is 0.0638. The SMILES string of the molecule is Cc1cncc(C(=O)N2C(C)CCCC2CN)c1. The Bertz CT molecular complexity index is 433. The second-order valence-electron chi connectivity index (χ2n) is 5.13. The van der Waals surface area contributed by atoms with Crippen molar-refractivity contribution in [2.24, 2.45) is 5.73 Å². The van der Waals surface area contributed by atoms with Crippen LogP contribution in [0.4, 0.5) is 0 Å². The smallest absolute Gasteiger partial charge is 0.255 e. The van der Waals surface area contributed by atoms with Crippen LogP contribution in [-0.4, -0.2) is 34.4 Å². The van der Waals surface area contributed by atoms with Gasteiger partial charge in [0, 0.05) is 31.0 Å². The average Bonchev–Trinajstić information content (AvgIpc) is 2.37. The zero-order valence-electron chi connectivity index (χ0n) is 11.1. The van der Waals surface area contributed by atoms with Gasteiger partial charge < -0.3 is 10.6 Å². The summed E-state index contributed by atoms with van der Waals surface area (Å²) in [6.07, 6.45) is 6.62. The van der Waals surface area contributed by atoms with E-state index in [0.717, 1.165) is 24.8 Å². The second-order valence-corrected chi connectivity index (χ2v) is 5.13. The van der Waals surface area contributed by atoms with Crippen molar-refractivity contribution in [2.45, 2.75) is 45.2 Å². The van der Waals surface area contributed by atoms with Crippen molar-refractivity contribution in [3.05, 3.63) is 29.6 Å². The molecule has 1 amide bonds. The van der Waals surface area contributed by atoms with Crippen LogP contribution in [0.3, 0.4) is 0 Å². The van der Waals surface area contributed by atoms with Crippen LogP contribution < -0.4 is 5.73 Å². The van der Waals surface area contributed by atoms with Gasteiger partial charge in [-0.15, -0.1) is 0 Å². The van der Waals surface area contributed by atoms with Crippen LogP contribution in [0.15, 0.2) is 18.5 Å². The summed E-state index contributed by atoms with van der Waals surface area (Å²) in [6, 6.07) is 2.33. The Hall–Kier alpha value is -1.42. The molecule has 1 aliphatic rings. The molecular formula is C14H21N3O. The maximum absolute atomic E-state index is 12.6. The molecule has 1 aromatic rings. The van der Waals surface area contributed by atoms with E-state index < -0.39 is 0 Å². The standard InChI is InChI=1S/C14H21N3O/c1-10-6-12(9-16-8-10)14(18)17-11(2)4-3-5-13(17)7-15/h6,8-9,11,13H,3-5,7,15H2,1-2H3. The Kier molecular flexibility index (Phi) is 3.97. The fourth-order valence-electron chi connectivity index (χ4n) is 2.71. The van der Waals surface area contributed by atoms with Crippen LogP contribution in [0, 0.1) is 6.92 Å². The van der Waals surface area contributed by atoms with E-state index in [9.17, 15) is 4.79 Å². The molecule has 4 nitrogen and oxygen atoms in total. The lowest BCUT2D eigenvalue weighted by Crippen LogP contribution is -2.51. The molecule has 2 N–H and O–H groups in total. The molecule has 0 radical (unpaired) electrons. The minimum absolute atomic E-state index is 0.0638. The highest BCUT2D eigenvalue weighted by atomic mass is 16.2. The first-order chi connectivity index (χ1) is 8.63. The summed E-state index contributed by atoms with van der Waals surface area (Å²) >= 11 is 0. The lowest BCUT2D eigenvalue weighted by Gasteiger charge is -2.40.